The molecule has 0 saturated heterocycles. The van der Waals surface area contributed by atoms with Gasteiger partial charge in [-0.2, -0.15) is 0 Å². The van der Waals surface area contributed by atoms with E-state index in [1.54, 1.807) is 0 Å². The second-order valence-electron chi connectivity index (χ2n) is 12.7. The van der Waals surface area contributed by atoms with Crippen molar-refractivity contribution in [2.24, 2.45) is 5.73 Å². The molecule has 0 radical (unpaired) electrons. The molecule has 0 aliphatic heterocycles. The third kappa shape index (κ3) is 35.8. The molecule has 3 atom stereocenters. The third-order valence-electron chi connectivity index (χ3n) is 7.76. The first-order valence-electron chi connectivity index (χ1n) is 19.3. The number of phosphoric ester groups is 1. The van der Waals surface area contributed by atoms with E-state index < -0.39 is 45.1 Å². The van der Waals surface area contributed by atoms with Crippen LogP contribution >= 0.6 is 7.82 Å². The summed E-state index contributed by atoms with van der Waals surface area (Å²) in [5.74, 6) is -1.81. The van der Waals surface area contributed by atoms with Gasteiger partial charge in [-0.3, -0.25) is 18.6 Å². The van der Waals surface area contributed by atoms with Gasteiger partial charge in [0.05, 0.1) is 19.8 Å². The van der Waals surface area contributed by atoms with Gasteiger partial charge >= 0.3 is 19.8 Å². The van der Waals surface area contributed by atoms with E-state index in [0.717, 1.165) is 96.3 Å². The summed E-state index contributed by atoms with van der Waals surface area (Å²) in [6, 6.07) is -1.48. The quantitative estimate of drug-likeness (QED) is 0.0245. The van der Waals surface area contributed by atoms with Crippen LogP contribution < -0.4 is 5.73 Å². The lowest BCUT2D eigenvalue weighted by atomic mass is 10.1. The maximum atomic E-state index is 12.6. The van der Waals surface area contributed by atoms with Crippen LogP contribution in [0.3, 0.4) is 0 Å². The second-order valence-corrected chi connectivity index (χ2v) is 14.1. The second kappa shape index (κ2) is 36.0. The molecule has 3 unspecified atom stereocenters. The number of phosphoric acid groups is 1. The zero-order valence-corrected chi connectivity index (χ0v) is 32.6. The number of rotatable bonds is 36. The van der Waals surface area contributed by atoms with E-state index in [1.165, 1.54) is 19.3 Å². The van der Waals surface area contributed by atoms with E-state index >= 15 is 0 Å². The van der Waals surface area contributed by atoms with Crippen molar-refractivity contribution in [1.82, 2.24) is 0 Å². The fourth-order valence-corrected chi connectivity index (χ4v) is 5.55. The Kier molecular flexibility index (Phi) is 34.4. The molecule has 0 aromatic heterocycles. The first-order valence-corrected chi connectivity index (χ1v) is 20.8. The molecule has 0 fully saturated rings. The van der Waals surface area contributed by atoms with Gasteiger partial charge in [0.15, 0.2) is 0 Å². The highest BCUT2D eigenvalue weighted by atomic mass is 31.2. The van der Waals surface area contributed by atoms with Crippen molar-refractivity contribution in [3.8, 4) is 0 Å². The Morgan fingerprint density at radius 2 is 1.14 bits per heavy atom. The molecule has 0 rings (SSSR count). The van der Waals surface area contributed by atoms with Crippen molar-refractivity contribution in [3.63, 3.8) is 0 Å². The van der Waals surface area contributed by atoms with Gasteiger partial charge in [0.2, 0.25) is 0 Å². The largest absolute Gasteiger partial charge is 0.480 e. The summed E-state index contributed by atoms with van der Waals surface area (Å²) in [6.45, 7) is 3.63. The number of carbonyl (C=O) groups excluding carboxylic acids is 1. The van der Waals surface area contributed by atoms with E-state index in [4.69, 9.17) is 24.8 Å². The first kappa shape index (κ1) is 48.7. The molecule has 11 heteroatoms. The molecule has 0 aliphatic carbocycles. The number of unbranched alkanes of at least 4 members (excludes halogenated alkanes) is 12. The molecule has 294 valence electrons. The molecular weight excluding hydrogens is 669 g/mol. The van der Waals surface area contributed by atoms with Gasteiger partial charge < -0.3 is 25.2 Å². The van der Waals surface area contributed by atoms with Crippen LogP contribution in [0.25, 0.3) is 0 Å². The van der Waals surface area contributed by atoms with Crippen molar-refractivity contribution in [3.05, 3.63) is 60.8 Å². The number of carboxylic acid groups (broad SMARTS) is 1. The van der Waals surface area contributed by atoms with E-state index in [9.17, 15) is 19.0 Å². The molecule has 0 aromatic carbocycles. The number of hydrogen-bond donors (Lipinski definition) is 3. The van der Waals surface area contributed by atoms with Gasteiger partial charge in [0.1, 0.15) is 12.1 Å². The average Bonchev–Trinajstić information content (AvgIpc) is 3.10. The zero-order valence-electron chi connectivity index (χ0n) is 31.7. The normalized spacial score (nSPS) is 14.7. The smallest absolute Gasteiger partial charge is 0.472 e. The van der Waals surface area contributed by atoms with Crippen LogP contribution in [0.15, 0.2) is 60.8 Å². The number of hydrogen-bond acceptors (Lipinski definition) is 8. The Balaban J connectivity index is 4.35. The van der Waals surface area contributed by atoms with Gasteiger partial charge in [0.25, 0.3) is 0 Å². The van der Waals surface area contributed by atoms with Gasteiger partial charge in [-0.25, -0.2) is 4.57 Å². The highest BCUT2D eigenvalue weighted by Gasteiger charge is 2.27. The highest BCUT2D eigenvalue weighted by Crippen LogP contribution is 2.43. The summed E-state index contributed by atoms with van der Waals surface area (Å²) in [5, 5.41) is 8.87. The minimum absolute atomic E-state index is 0.000738. The Labute approximate surface area is 309 Å². The van der Waals surface area contributed by atoms with Crippen LogP contribution in [0, 0.1) is 0 Å². The predicted octanol–water partition coefficient (Wildman–Crippen LogP) is 10.1. The molecule has 0 aromatic rings. The lowest BCUT2D eigenvalue weighted by Gasteiger charge is -2.20. The number of nitrogens with two attached hydrogens (primary N) is 1. The van der Waals surface area contributed by atoms with E-state index in [1.807, 2.05) is 0 Å². The van der Waals surface area contributed by atoms with Gasteiger partial charge in [0, 0.05) is 13.0 Å². The molecular formula is C40H70NO9P. The molecule has 0 spiro atoms. The lowest BCUT2D eigenvalue weighted by Crippen LogP contribution is -2.34. The van der Waals surface area contributed by atoms with Crippen LogP contribution in [-0.4, -0.2) is 60.5 Å². The zero-order chi connectivity index (χ0) is 37.7. The first-order chi connectivity index (χ1) is 24.7. The number of ether oxygens (including phenoxy) is 2. The van der Waals surface area contributed by atoms with Crippen molar-refractivity contribution in [2.75, 3.05) is 26.4 Å². The maximum absolute atomic E-state index is 12.6. The van der Waals surface area contributed by atoms with Crippen molar-refractivity contribution < 1.29 is 42.7 Å². The number of esters is 1. The molecule has 0 amide bonds. The minimum atomic E-state index is -4.62. The Morgan fingerprint density at radius 3 is 1.71 bits per heavy atom. The standard InChI is InChI=1S/C40H70NO9P/c1-3-5-7-9-11-13-15-17-18-19-21-23-25-27-29-31-33-47-34-37(35-48-51(45,46)49-36-38(41)40(43)44)50-39(42)32-30-28-26-24-22-20-16-14-12-10-8-6-4-2/h5,7-8,10-11,13-14,16-18,37-38H,3-4,6,9,12,15,19-36,41H2,1-2H3,(H,43,44)(H,45,46)/b7-5-,10-8-,13-11-,16-14-,18-17-. The van der Waals surface area contributed by atoms with Gasteiger partial charge in [-0.1, -0.05) is 126 Å². The average molecular weight is 740 g/mol. The number of allylic oxidation sites excluding steroid dienone is 10. The van der Waals surface area contributed by atoms with Crippen LogP contribution in [0.2, 0.25) is 0 Å². The number of carbonyl (C=O) groups is 2. The monoisotopic (exact) mass is 739 g/mol. The lowest BCUT2D eigenvalue weighted by molar-refractivity contribution is -0.154. The minimum Gasteiger partial charge on any atom is -0.480 e. The van der Waals surface area contributed by atoms with Crippen molar-refractivity contribution in [1.29, 1.82) is 0 Å². The van der Waals surface area contributed by atoms with E-state index in [-0.39, 0.29) is 13.0 Å². The van der Waals surface area contributed by atoms with Crippen LogP contribution in [-0.2, 0) is 32.7 Å². The molecule has 0 saturated carbocycles. The van der Waals surface area contributed by atoms with Crippen LogP contribution in [0.4, 0.5) is 0 Å². The van der Waals surface area contributed by atoms with Crippen molar-refractivity contribution in [2.45, 2.75) is 154 Å². The maximum Gasteiger partial charge on any atom is 0.472 e. The molecule has 0 heterocycles. The molecule has 51 heavy (non-hydrogen) atoms. The Hall–Kier alpha value is -2.33. The SMILES string of the molecule is CC/C=C\C/C=C\C/C=C\CCCCCCCCOCC(COP(=O)(O)OCC(N)C(=O)O)OC(=O)CCCCCCC/C=C\C/C=C\CCC. The van der Waals surface area contributed by atoms with E-state index in [2.05, 4.69) is 79.1 Å². The fourth-order valence-electron chi connectivity index (χ4n) is 4.77. The van der Waals surface area contributed by atoms with Crippen LogP contribution in [0.5, 0.6) is 0 Å². The summed E-state index contributed by atoms with van der Waals surface area (Å²) < 4.78 is 33.2. The number of aliphatic carboxylic acids is 1. The molecule has 0 aliphatic rings. The molecule has 10 nitrogen and oxygen atoms in total. The summed E-state index contributed by atoms with van der Waals surface area (Å²) in [5.41, 5.74) is 5.34. The Bertz CT molecular complexity index is 1040. The summed E-state index contributed by atoms with van der Waals surface area (Å²) in [7, 11) is -4.62. The Morgan fingerprint density at radius 1 is 0.647 bits per heavy atom. The predicted molar refractivity (Wildman–Crippen MR) is 207 cm³/mol. The van der Waals surface area contributed by atoms with Gasteiger partial charge in [-0.05, 0) is 70.6 Å². The molecule has 0 bridgehead atoms. The van der Waals surface area contributed by atoms with Crippen LogP contribution in [0.1, 0.15) is 142 Å². The van der Waals surface area contributed by atoms with Crippen molar-refractivity contribution >= 4 is 19.8 Å². The topological polar surface area (TPSA) is 155 Å². The van der Waals surface area contributed by atoms with E-state index in [0.29, 0.717) is 13.0 Å². The number of carboxylic acids is 1. The summed E-state index contributed by atoms with van der Waals surface area (Å²) >= 11 is 0. The summed E-state index contributed by atoms with van der Waals surface area (Å²) in [6.07, 6.45) is 41.3. The molecule has 4 N–H and O–H groups in total. The van der Waals surface area contributed by atoms with Gasteiger partial charge in [-0.15, -0.1) is 0 Å². The fraction of sp³-hybridized carbons (Fsp3) is 0.700. The summed E-state index contributed by atoms with van der Waals surface area (Å²) in [4.78, 5) is 33.4. The third-order valence-corrected chi connectivity index (χ3v) is 8.71. The highest BCUT2D eigenvalue weighted by molar-refractivity contribution is 7.47.